The van der Waals surface area contributed by atoms with Gasteiger partial charge < -0.3 is 5.32 Å². The van der Waals surface area contributed by atoms with E-state index in [0.717, 1.165) is 11.3 Å². The number of amides is 1. The van der Waals surface area contributed by atoms with E-state index in [1.54, 1.807) is 41.7 Å². The first-order valence-electron chi connectivity index (χ1n) is 9.41. The van der Waals surface area contributed by atoms with Crippen molar-refractivity contribution in [2.45, 2.75) is 20.4 Å². The van der Waals surface area contributed by atoms with Crippen molar-refractivity contribution < 1.29 is 9.59 Å². The third-order valence-corrected chi connectivity index (χ3v) is 4.72. The van der Waals surface area contributed by atoms with Gasteiger partial charge in [0.15, 0.2) is 0 Å². The van der Waals surface area contributed by atoms with Gasteiger partial charge in [-0.2, -0.15) is 10.2 Å². The molecule has 0 aliphatic carbocycles. The van der Waals surface area contributed by atoms with Crippen LogP contribution in [0.4, 0.5) is 5.69 Å². The number of benzene rings is 2. The molecular weight excluding hydrogens is 380 g/mol. The van der Waals surface area contributed by atoms with Crippen molar-refractivity contribution in [2.24, 2.45) is 0 Å². The van der Waals surface area contributed by atoms with Crippen molar-refractivity contribution in [3.63, 3.8) is 0 Å². The number of aromatic nitrogens is 5. The number of para-hydroxylation sites is 1. The molecule has 0 fully saturated rings. The van der Waals surface area contributed by atoms with Gasteiger partial charge in [-0.25, -0.2) is 14.3 Å². The summed E-state index contributed by atoms with van der Waals surface area (Å²) in [6, 6.07) is 16.8. The number of carbonyl (C=O) groups is 2. The van der Waals surface area contributed by atoms with Gasteiger partial charge in [0.05, 0.1) is 29.2 Å². The number of hydrogen-bond donors (Lipinski definition) is 1. The largest absolute Gasteiger partial charge is 0.319 e. The highest BCUT2D eigenvalue weighted by atomic mass is 16.2. The maximum Gasteiger partial charge on any atom is 0.296 e. The Balaban J connectivity index is 1.54. The highest BCUT2D eigenvalue weighted by Gasteiger charge is 2.25. The van der Waals surface area contributed by atoms with Crippen LogP contribution in [0, 0.1) is 13.8 Å². The average Bonchev–Trinajstić information content (AvgIpc) is 3.36. The first kappa shape index (κ1) is 19.3. The second-order valence-corrected chi connectivity index (χ2v) is 6.87. The second-order valence-electron chi connectivity index (χ2n) is 6.87. The lowest BCUT2D eigenvalue weighted by Crippen LogP contribution is -2.24. The molecule has 2 aromatic carbocycles. The number of ketones is 1. The van der Waals surface area contributed by atoms with Gasteiger partial charge in [-0.05, 0) is 43.7 Å². The molecule has 2 heterocycles. The summed E-state index contributed by atoms with van der Waals surface area (Å²) in [6.45, 7) is 4.03. The summed E-state index contributed by atoms with van der Waals surface area (Å²) in [7, 11) is 0. The fraction of sp³-hybridized carbons (Fsp3) is 0.136. The van der Waals surface area contributed by atoms with Crippen molar-refractivity contribution in [1.82, 2.24) is 24.5 Å². The zero-order valence-electron chi connectivity index (χ0n) is 16.6. The predicted molar refractivity (Wildman–Crippen MR) is 112 cm³/mol. The zero-order chi connectivity index (χ0) is 21.1. The van der Waals surface area contributed by atoms with Crippen molar-refractivity contribution in [3.05, 3.63) is 89.8 Å². The molecule has 0 radical (unpaired) electrons. The van der Waals surface area contributed by atoms with Crippen LogP contribution in [0.1, 0.15) is 27.3 Å². The summed E-state index contributed by atoms with van der Waals surface area (Å²) in [6.07, 6.45) is 3.08. The number of anilines is 1. The molecule has 0 bridgehead atoms. The Morgan fingerprint density at radius 3 is 2.57 bits per heavy atom. The van der Waals surface area contributed by atoms with Gasteiger partial charge >= 0.3 is 0 Å². The van der Waals surface area contributed by atoms with Crippen LogP contribution in [0.25, 0.3) is 5.69 Å². The fourth-order valence-corrected chi connectivity index (χ4v) is 3.34. The number of carbonyl (C=O) groups excluding carboxylic acids is 2. The monoisotopic (exact) mass is 400 g/mol. The molecule has 8 heteroatoms. The SMILES string of the molecule is Cc1nn(-c2ccccc2)c(C)c1C(=O)C(=O)Nc1cccc(Cn2cncn2)c1. The normalized spacial score (nSPS) is 10.7. The summed E-state index contributed by atoms with van der Waals surface area (Å²) in [5, 5.41) is 11.2. The summed E-state index contributed by atoms with van der Waals surface area (Å²) in [5.41, 5.74) is 3.75. The Bertz CT molecular complexity index is 1200. The maximum atomic E-state index is 12.9. The minimum Gasteiger partial charge on any atom is -0.319 e. The van der Waals surface area contributed by atoms with Gasteiger partial charge in [0.25, 0.3) is 11.7 Å². The van der Waals surface area contributed by atoms with E-state index < -0.39 is 11.7 Å². The first-order valence-corrected chi connectivity index (χ1v) is 9.41. The molecule has 8 nitrogen and oxygen atoms in total. The molecule has 30 heavy (non-hydrogen) atoms. The van der Waals surface area contributed by atoms with Crippen LogP contribution in [0.15, 0.2) is 67.3 Å². The molecule has 0 aliphatic heterocycles. The summed E-state index contributed by atoms with van der Waals surface area (Å²) >= 11 is 0. The Morgan fingerprint density at radius 1 is 1.03 bits per heavy atom. The fourth-order valence-electron chi connectivity index (χ4n) is 3.34. The molecule has 1 N–H and O–H groups in total. The van der Waals surface area contributed by atoms with Gasteiger partial charge in [0.1, 0.15) is 12.7 Å². The lowest BCUT2D eigenvalue weighted by atomic mass is 10.1. The van der Waals surface area contributed by atoms with E-state index in [1.807, 2.05) is 42.5 Å². The molecule has 0 atom stereocenters. The topological polar surface area (TPSA) is 94.7 Å². The summed E-state index contributed by atoms with van der Waals surface area (Å²) < 4.78 is 3.35. The average molecular weight is 400 g/mol. The third kappa shape index (κ3) is 3.88. The van der Waals surface area contributed by atoms with Crippen LogP contribution in [0.2, 0.25) is 0 Å². The Kier molecular flexibility index (Phi) is 5.21. The Hall–Kier alpha value is -4.07. The Morgan fingerprint density at radius 2 is 1.83 bits per heavy atom. The van der Waals surface area contributed by atoms with Gasteiger partial charge in [0, 0.05) is 5.69 Å². The summed E-state index contributed by atoms with van der Waals surface area (Å²) in [5.74, 6) is -1.32. The lowest BCUT2D eigenvalue weighted by molar-refractivity contribution is -0.112. The number of hydrogen-bond acceptors (Lipinski definition) is 5. The van der Waals surface area contributed by atoms with Crippen LogP contribution in [-0.4, -0.2) is 36.2 Å². The molecule has 4 rings (SSSR count). The number of aryl methyl sites for hydroxylation is 1. The maximum absolute atomic E-state index is 12.9. The number of nitrogens with one attached hydrogen (secondary N) is 1. The number of nitrogens with zero attached hydrogens (tertiary/aromatic N) is 5. The van der Waals surface area contributed by atoms with Crippen LogP contribution < -0.4 is 5.32 Å². The number of Topliss-reactive ketones (excluding diaryl/α,β-unsaturated/α-hetero) is 1. The van der Waals surface area contributed by atoms with Gasteiger partial charge in [-0.3, -0.25) is 9.59 Å². The predicted octanol–water partition coefficient (Wildman–Crippen LogP) is 2.95. The van der Waals surface area contributed by atoms with Crippen molar-refractivity contribution in [3.8, 4) is 5.69 Å². The molecule has 0 aliphatic rings. The quantitative estimate of drug-likeness (QED) is 0.397. The molecular formula is C22H20N6O2. The van der Waals surface area contributed by atoms with E-state index >= 15 is 0 Å². The van der Waals surface area contributed by atoms with E-state index in [2.05, 4.69) is 20.5 Å². The van der Waals surface area contributed by atoms with Crippen molar-refractivity contribution in [1.29, 1.82) is 0 Å². The number of rotatable bonds is 6. The van der Waals surface area contributed by atoms with E-state index in [-0.39, 0.29) is 0 Å². The molecule has 2 aromatic heterocycles. The molecule has 0 saturated heterocycles. The van der Waals surface area contributed by atoms with E-state index in [4.69, 9.17) is 0 Å². The van der Waals surface area contributed by atoms with Gasteiger partial charge in [0.2, 0.25) is 0 Å². The molecule has 0 spiro atoms. The minimum absolute atomic E-state index is 0.315. The van der Waals surface area contributed by atoms with E-state index in [9.17, 15) is 9.59 Å². The van der Waals surface area contributed by atoms with Crippen LogP contribution in [-0.2, 0) is 11.3 Å². The smallest absolute Gasteiger partial charge is 0.296 e. The van der Waals surface area contributed by atoms with Gasteiger partial charge in [-0.1, -0.05) is 30.3 Å². The highest BCUT2D eigenvalue weighted by Crippen LogP contribution is 2.19. The highest BCUT2D eigenvalue weighted by molar-refractivity contribution is 6.47. The molecule has 0 saturated carbocycles. The van der Waals surface area contributed by atoms with Gasteiger partial charge in [-0.15, -0.1) is 0 Å². The third-order valence-electron chi connectivity index (χ3n) is 4.72. The van der Waals surface area contributed by atoms with Crippen LogP contribution in [0.3, 0.4) is 0 Å². The van der Waals surface area contributed by atoms with E-state index in [0.29, 0.717) is 29.2 Å². The first-order chi connectivity index (χ1) is 14.5. The second kappa shape index (κ2) is 8.12. The Labute approximate surface area is 173 Å². The van der Waals surface area contributed by atoms with E-state index in [1.165, 1.54) is 6.33 Å². The van der Waals surface area contributed by atoms with Crippen molar-refractivity contribution in [2.75, 3.05) is 5.32 Å². The van der Waals surface area contributed by atoms with Crippen LogP contribution >= 0.6 is 0 Å². The zero-order valence-corrected chi connectivity index (χ0v) is 16.6. The molecule has 150 valence electrons. The lowest BCUT2D eigenvalue weighted by Gasteiger charge is -2.08. The van der Waals surface area contributed by atoms with Crippen molar-refractivity contribution >= 4 is 17.4 Å². The van der Waals surface area contributed by atoms with Crippen LogP contribution in [0.5, 0.6) is 0 Å². The molecule has 0 unspecified atom stereocenters. The minimum atomic E-state index is -0.702. The molecule has 4 aromatic rings. The standard InChI is InChI=1S/C22H20N6O2/c1-15-20(16(2)28(26-15)19-9-4-3-5-10-19)21(29)22(30)25-18-8-6-7-17(11-18)12-27-14-23-13-24-27/h3-11,13-14H,12H2,1-2H3,(H,25,30). The summed E-state index contributed by atoms with van der Waals surface area (Å²) in [4.78, 5) is 29.5. The molecule has 1 amide bonds.